The van der Waals surface area contributed by atoms with Gasteiger partial charge in [-0.3, -0.25) is 0 Å². The van der Waals surface area contributed by atoms with E-state index in [1.165, 1.54) is 109 Å². The van der Waals surface area contributed by atoms with E-state index in [2.05, 4.69) is 218 Å². The highest BCUT2D eigenvalue weighted by atomic mass is 14.2. The van der Waals surface area contributed by atoms with Crippen molar-refractivity contribution in [2.45, 2.75) is 0 Å². The maximum absolute atomic E-state index is 2.41. The van der Waals surface area contributed by atoms with Crippen molar-refractivity contribution in [1.29, 1.82) is 0 Å². The SMILES string of the molecule is c1cc(-c2cc3ccccc3cc2-c2cccc3ccccc23)cc(-c2c3ccccc3c(-c3ccc(-c4cccc5ccccc45)cc3)c3ccccc23)c1. The molecule has 0 aliphatic rings. The van der Waals surface area contributed by atoms with Crippen molar-refractivity contribution in [2.24, 2.45) is 0 Å². The lowest BCUT2D eigenvalue weighted by Crippen LogP contribution is -1.92. The molecule has 0 spiro atoms. The maximum Gasteiger partial charge on any atom is -0.00262 e. The molecule has 0 saturated heterocycles. The summed E-state index contributed by atoms with van der Waals surface area (Å²) >= 11 is 0. The minimum Gasteiger partial charge on any atom is -0.0616 e. The smallest absolute Gasteiger partial charge is 0.00262 e. The van der Waals surface area contributed by atoms with E-state index in [1.807, 2.05) is 0 Å². The highest BCUT2D eigenvalue weighted by molar-refractivity contribution is 6.21. The van der Waals surface area contributed by atoms with Crippen molar-refractivity contribution < 1.29 is 0 Å². The zero-order chi connectivity index (χ0) is 37.0. The van der Waals surface area contributed by atoms with Crippen LogP contribution in [-0.2, 0) is 0 Å². The average Bonchev–Trinajstić information content (AvgIpc) is 3.27. The lowest BCUT2D eigenvalue weighted by Gasteiger charge is -2.19. The molecule has 11 aromatic rings. The second-order valence-electron chi connectivity index (χ2n) is 14.8. The van der Waals surface area contributed by atoms with Gasteiger partial charge in [0.25, 0.3) is 0 Å². The molecular weight excluding hydrogens is 673 g/mol. The Morgan fingerprint density at radius 3 is 1.16 bits per heavy atom. The molecule has 11 rings (SSSR count). The molecule has 0 heteroatoms. The molecule has 0 nitrogen and oxygen atoms in total. The van der Waals surface area contributed by atoms with Crippen LogP contribution in [0.1, 0.15) is 0 Å². The summed E-state index contributed by atoms with van der Waals surface area (Å²) in [6.45, 7) is 0. The Balaban J connectivity index is 1.10. The van der Waals surface area contributed by atoms with Crippen molar-refractivity contribution in [1.82, 2.24) is 0 Å². The fraction of sp³-hybridized carbons (Fsp3) is 0. The van der Waals surface area contributed by atoms with E-state index in [1.54, 1.807) is 0 Å². The normalized spacial score (nSPS) is 11.6. The third-order valence-electron chi connectivity index (χ3n) is 11.6. The molecule has 0 radical (unpaired) electrons. The molecule has 0 amide bonds. The summed E-state index contributed by atoms with van der Waals surface area (Å²) in [6.07, 6.45) is 0. The van der Waals surface area contributed by atoms with Crippen LogP contribution in [0.5, 0.6) is 0 Å². The van der Waals surface area contributed by atoms with Gasteiger partial charge < -0.3 is 0 Å². The van der Waals surface area contributed by atoms with Crippen molar-refractivity contribution in [3.8, 4) is 55.6 Å². The monoisotopic (exact) mass is 708 g/mol. The van der Waals surface area contributed by atoms with Gasteiger partial charge in [0, 0.05) is 0 Å². The Bertz CT molecular complexity index is 3230. The molecule has 0 N–H and O–H groups in total. The minimum absolute atomic E-state index is 1.21. The Morgan fingerprint density at radius 2 is 0.571 bits per heavy atom. The van der Waals surface area contributed by atoms with Gasteiger partial charge in [0.2, 0.25) is 0 Å². The lowest BCUT2D eigenvalue weighted by molar-refractivity contribution is 1.61. The van der Waals surface area contributed by atoms with Gasteiger partial charge in [-0.15, -0.1) is 0 Å². The van der Waals surface area contributed by atoms with Crippen molar-refractivity contribution in [2.75, 3.05) is 0 Å². The molecule has 0 unspecified atom stereocenters. The number of fused-ring (bicyclic) bond motifs is 5. The van der Waals surface area contributed by atoms with Crippen molar-refractivity contribution in [3.05, 3.63) is 218 Å². The molecule has 11 aromatic carbocycles. The summed E-state index contributed by atoms with van der Waals surface area (Å²) < 4.78 is 0. The van der Waals surface area contributed by atoms with Crippen LogP contribution in [0.3, 0.4) is 0 Å². The van der Waals surface area contributed by atoms with E-state index in [-0.39, 0.29) is 0 Å². The molecule has 0 heterocycles. The molecule has 0 aliphatic carbocycles. The van der Waals surface area contributed by atoms with Crippen LogP contribution in [0.25, 0.3) is 109 Å². The van der Waals surface area contributed by atoms with E-state index in [0.717, 1.165) is 0 Å². The van der Waals surface area contributed by atoms with E-state index < -0.39 is 0 Å². The first-order valence-electron chi connectivity index (χ1n) is 19.4. The molecule has 260 valence electrons. The molecule has 0 saturated carbocycles. The Morgan fingerprint density at radius 1 is 0.179 bits per heavy atom. The topological polar surface area (TPSA) is 0 Å². The number of hydrogen-bond acceptors (Lipinski definition) is 0. The molecule has 0 bridgehead atoms. The fourth-order valence-corrected chi connectivity index (χ4v) is 9.05. The first-order chi connectivity index (χ1) is 27.8. The van der Waals surface area contributed by atoms with Crippen molar-refractivity contribution >= 4 is 53.9 Å². The molecule has 0 aromatic heterocycles. The van der Waals surface area contributed by atoms with Crippen molar-refractivity contribution in [3.63, 3.8) is 0 Å². The average molecular weight is 709 g/mol. The number of benzene rings is 11. The van der Waals surface area contributed by atoms with E-state index >= 15 is 0 Å². The van der Waals surface area contributed by atoms with Crippen LogP contribution in [0, 0.1) is 0 Å². The van der Waals surface area contributed by atoms with Gasteiger partial charge in [0.15, 0.2) is 0 Å². The first kappa shape index (κ1) is 32.2. The largest absolute Gasteiger partial charge is 0.0616 e. The lowest BCUT2D eigenvalue weighted by atomic mass is 9.84. The third-order valence-corrected chi connectivity index (χ3v) is 11.6. The Kier molecular flexibility index (Phi) is 7.60. The molecule has 0 aliphatic heterocycles. The quantitative estimate of drug-likeness (QED) is 0.156. The van der Waals surface area contributed by atoms with Crippen LogP contribution in [0.2, 0.25) is 0 Å². The van der Waals surface area contributed by atoms with Gasteiger partial charge in [0.1, 0.15) is 0 Å². The predicted molar refractivity (Wildman–Crippen MR) is 241 cm³/mol. The molecule has 0 fully saturated rings. The molecular formula is C56H36. The Labute approximate surface area is 326 Å². The van der Waals surface area contributed by atoms with Gasteiger partial charge in [0.05, 0.1) is 0 Å². The van der Waals surface area contributed by atoms with Crippen LogP contribution < -0.4 is 0 Å². The van der Waals surface area contributed by atoms with E-state index in [0.29, 0.717) is 0 Å². The Hall–Kier alpha value is -7.28. The fourth-order valence-electron chi connectivity index (χ4n) is 9.05. The molecule has 56 heavy (non-hydrogen) atoms. The summed E-state index contributed by atoms with van der Waals surface area (Å²) in [5, 5.41) is 12.6. The summed E-state index contributed by atoms with van der Waals surface area (Å²) in [7, 11) is 0. The van der Waals surface area contributed by atoms with E-state index in [9.17, 15) is 0 Å². The number of rotatable bonds is 5. The van der Waals surface area contributed by atoms with Crippen LogP contribution >= 0.6 is 0 Å². The summed E-state index contributed by atoms with van der Waals surface area (Å²) in [5.74, 6) is 0. The van der Waals surface area contributed by atoms with Crippen LogP contribution in [0.4, 0.5) is 0 Å². The molecule has 0 atom stereocenters. The van der Waals surface area contributed by atoms with Gasteiger partial charge in [-0.1, -0.05) is 200 Å². The van der Waals surface area contributed by atoms with Gasteiger partial charge in [-0.25, -0.2) is 0 Å². The zero-order valence-corrected chi connectivity index (χ0v) is 30.8. The van der Waals surface area contributed by atoms with Gasteiger partial charge in [-0.05, 0) is 128 Å². The summed E-state index contributed by atoms with van der Waals surface area (Å²) in [6, 6.07) is 80.4. The summed E-state index contributed by atoms with van der Waals surface area (Å²) in [4.78, 5) is 0. The van der Waals surface area contributed by atoms with Gasteiger partial charge in [-0.2, -0.15) is 0 Å². The van der Waals surface area contributed by atoms with E-state index in [4.69, 9.17) is 0 Å². The predicted octanol–water partition coefficient (Wildman–Crippen LogP) is 15.8. The first-order valence-corrected chi connectivity index (χ1v) is 19.4. The highest BCUT2D eigenvalue weighted by Crippen LogP contribution is 2.46. The second kappa shape index (κ2) is 13.2. The van der Waals surface area contributed by atoms with Gasteiger partial charge >= 0.3 is 0 Å². The standard InChI is InChI=1S/C56H36/c1-2-17-42-36-54(48-29-13-19-38-15-4-6-23-47(38)48)53(35-41(42)16-1)43-20-11-21-44(34-43)56-51-26-9-7-24-49(51)55(50-25-8-10-27-52(50)56)40-32-30-39(31-33-40)46-28-12-18-37-14-3-5-22-45(37)46/h1-36H. The van der Waals surface area contributed by atoms with Crippen LogP contribution in [-0.4, -0.2) is 0 Å². The minimum atomic E-state index is 1.21. The zero-order valence-electron chi connectivity index (χ0n) is 30.8. The summed E-state index contributed by atoms with van der Waals surface area (Å²) in [5.41, 5.74) is 12.4. The maximum atomic E-state index is 2.41. The number of hydrogen-bond donors (Lipinski definition) is 0. The van der Waals surface area contributed by atoms with Crippen LogP contribution in [0.15, 0.2) is 218 Å². The second-order valence-corrected chi connectivity index (χ2v) is 14.8. The highest BCUT2D eigenvalue weighted by Gasteiger charge is 2.19. The third kappa shape index (κ3) is 5.30.